The Balaban J connectivity index is 1.91. The molecule has 0 fully saturated rings. The zero-order valence-corrected chi connectivity index (χ0v) is 16.1. The van der Waals surface area contributed by atoms with Crippen molar-refractivity contribution in [2.75, 3.05) is 17.9 Å². The number of hydrogen-bond donors (Lipinski definition) is 2. The molecule has 1 aromatic heterocycles. The Morgan fingerprint density at radius 1 is 1.07 bits per heavy atom. The number of carbonyl (C=O) groups is 1. The molecule has 7 heteroatoms. The van der Waals surface area contributed by atoms with Crippen LogP contribution in [0.5, 0.6) is 5.75 Å². The topological polar surface area (TPSA) is 75.6 Å². The van der Waals surface area contributed by atoms with E-state index >= 15 is 0 Å². The average molecular weight is 380 g/mol. The number of hydrogen-bond acceptors (Lipinski definition) is 7. The van der Waals surface area contributed by atoms with E-state index < -0.39 is 0 Å². The number of nitrogens with one attached hydrogen (secondary N) is 2. The standard InChI is InChI=1S/C20H20N4O2S/c1-13(2)23-24-19-18(17(25)14-7-5-4-6-8-14)27-20(22-19)21-15-9-11-16(26-3)12-10-15/h4-12,24H,1-3H3,(H,21,22). The maximum atomic E-state index is 12.9. The fourth-order valence-corrected chi connectivity index (χ4v) is 3.18. The monoisotopic (exact) mass is 380 g/mol. The van der Waals surface area contributed by atoms with Gasteiger partial charge in [-0.25, -0.2) is 4.98 Å². The maximum Gasteiger partial charge on any atom is 0.206 e. The number of aromatic nitrogens is 1. The molecular formula is C20H20N4O2S. The molecule has 0 aliphatic rings. The van der Waals surface area contributed by atoms with Gasteiger partial charge in [0.05, 0.1) is 7.11 Å². The van der Waals surface area contributed by atoms with Gasteiger partial charge in [-0.15, -0.1) is 0 Å². The van der Waals surface area contributed by atoms with Crippen molar-refractivity contribution in [3.05, 3.63) is 65.0 Å². The van der Waals surface area contributed by atoms with Crippen molar-refractivity contribution >= 4 is 39.5 Å². The zero-order chi connectivity index (χ0) is 19.2. The van der Waals surface area contributed by atoms with Gasteiger partial charge in [0.2, 0.25) is 5.78 Å². The highest BCUT2D eigenvalue weighted by Crippen LogP contribution is 2.32. The largest absolute Gasteiger partial charge is 0.497 e. The average Bonchev–Trinajstić information content (AvgIpc) is 3.09. The molecule has 0 bridgehead atoms. The van der Waals surface area contributed by atoms with Gasteiger partial charge in [0.25, 0.3) is 0 Å². The van der Waals surface area contributed by atoms with Crippen LogP contribution in [0.25, 0.3) is 0 Å². The smallest absolute Gasteiger partial charge is 0.206 e. The Hall–Kier alpha value is -3.19. The van der Waals surface area contributed by atoms with Crippen LogP contribution < -0.4 is 15.5 Å². The van der Waals surface area contributed by atoms with Gasteiger partial charge in [0.1, 0.15) is 10.6 Å². The molecule has 2 N–H and O–H groups in total. The number of thiazole rings is 1. The molecule has 0 unspecified atom stereocenters. The minimum Gasteiger partial charge on any atom is -0.497 e. The molecule has 0 saturated carbocycles. The molecule has 138 valence electrons. The lowest BCUT2D eigenvalue weighted by atomic mass is 10.1. The lowest BCUT2D eigenvalue weighted by Crippen LogP contribution is -2.03. The SMILES string of the molecule is COc1ccc(Nc2nc(NN=C(C)C)c(C(=O)c3ccccc3)s2)cc1. The molecule has 0 aliphatic carbocycles. The van der Waals surface area contributed by atoms with Gasteiger partial charge in [-0.05, 0) is 38.1 Å². The van der Waals surface area contributed by atoms with E-state index in [1.165, 1.54) is 11.3 Å². The minimum atomic E-state index is -0.0951. The first-order chi connectivity index (χ1) is 13.1. The van der Waals surface area contributed by atoms with Crippen molar-refractivity contribution in [1.82, 2.24) is 4.98 Å². The summed E-state index contributed by atoms with van der Waals surface area (Å²) >= 11 is 1.28. The molecule has 0 spiro atoms. The number of benzene rings is 2. The van der Waals surface area contributed by atoms with Crippen molar-refractivity contribution in [3.8, 4) is 5.75 Å². The summed E-state index contributed by atoms with van der Waals surface area (Å²) in [4.78, 5) is 17.9. The molecule has 0 aliphatic heterocycles. The number of hydrazone groups is 1. The van der Waals surface area contributed by atoms with Crippen LogP contribution in [0.3, 0.4) is 0 Å². The van der Waals surface area contributed by atoms with E-state index in [9.17, 15) is 4.79 Å². The fourth-order valence-electron chi connectivity index (χ4n) is 2.29. The summed E-state index contributed by atoms with van der Waals surface area (Å²) in [5, 5.41) is 8.01. The first-order valence-electron chi connectivity index (χ1n) is 8.35. The predicted octanol–water partition coefficient (Wildman–Crippen LogP) is 4.93. The summed E-state index contributed by atoms with van der Waals surface area (Å²) in [6.45, 7) is 3.74. The Bertz CT molecular complexity index is 946. The molecule has 3 rings (SSSR count). The number of ether oxygens (including phenoxy) is 1. The summed E-state index contributed by atoms with van der Waals surface area (Å²) in [6, 6.07) is 16.6. The van der Waals surface area contributed by atoms with Crippen molar-refractivity contribution in [2.45, 2.75) is 13.8 Å². The van der Waals surface area contributed by atoms with Crippen LogP contribution in [0.4, 0.5) is 16.6 Å². The first-order valence-corrected chi connectivity index (χ1v) is 9.17. The number of anilines is 3. The molecule has 1 heterocycles. The maximum absolute atomic E-state index is 12.9. The summed E-state index contributed by atoms with van der Waals surface area (Å²) in [5.74, 6) is 1.11. The Morgan fingerprint density at radius 3 is 2.41 bits per heavy atom. The van der Waals surface area contributed by atoms with E-state index in [0.29, 0.717) is 21.4 Å². The number of nitrogens with zero attached hydrogens (tertiary/aromatic N) is 2. The third-order valence-electron chi connectivity index (χ3n) is 3.60. The van der Waals surface area contributed by atoms with Gasteiger partial charge >= 0.3 is 0 Å². The van der Waals surface area contributed by atoms with E-state index in [4.69, 9.17) is 4.74 Å². The molecule has 3 aromatic rings. The number of ketones is 1. The van der Waals surface area contributed by atoms with E-state index in [-0.39, 0.29) is 5.78 Å². The molecule has 0 amide bonds. The Labute approximate surface area is 161 Å². The van der Waals surface area contributed by atoms with Crippen molar-refractivity contribution in [1.29, 1.82) is 0 Å². The van der Waals surface area contributed by atoms with Crippen molar-refractivity contribution in [2.24, 2.45) is 5.10 Å². The van der Waals surface area contributed by atoms with Crippen LogP contribution in [0.1, 0.15) is 29.1 Å². The Kier molecular flexibility index (Phi) is 5.83. The third kappa shape index (κ3) is 4.71. The van der Waals surface area contributed by atoms with Gasteiger partial charge in [0, 0.05) is 17.0 Å². The predicted molar refractivity (Wildman–Crippen MR) is 111 cm³/mol. The van der Waals surface area contributed by atoms with Gasteiger partial charge < -0.3 is 10.1 Å². The quantitative estimate of drug-likeness (QED) is 0.345. The summed E-state index contributed by atoms with van der Waals surface area (Å²) < 4.78 is 5.17. The van der Waals surface area contributed by atoms with Crippen LogP contribution in [-0.4, -0.2) is 23.6 Å². The minimum absolute atomic E-state index is 0.0951. The zero-order valence-electron chi connectivity index (χ0n) is 15.3. The van der Waals surface area contributed by atoms with Crippen molar-refractivity contribution in [3.63, 3.8) is 0 Å². The third-order valence-corrected chi connectivity index (χ3v) is 4.57. The summed E-state index contributed by atoms with van der Waals surface area (Å²) in [7, 11) is 1.62. The molecule has 27 heavy (non-hydrogen) atoms. The highest BCUT2D eigenvalue weighted by molar-refractivity contribution is 7.18. The van der Waals surface area contributed by atoms with Gasteiger partial charge in [-0.2, -0.15) is 5.10 Å². The number of carbonyl (C=O) groups excluding carboxylic acids is 1. The lowest BCUT2D eigenvalue weighted by molar-refractivity contribution is 0.104. The number of methoxy groups -OCH3 is 1. The van der Waals surface area contributed by atoms with E-state index in [0.717, 1.165) is 17.1 Å². The van der Waals surface area contributed by atoms with E-state index in [1.54, 1.807) is 19.2 Å². The van der Waals surface area contributed by atoms with Crippen LogP contribution in [0.15, 0.2) is 59.7 Å². The fraction of sp³-hybridized carbons (Fsp3) is 0.150. The summed E-state index contributed by atoms with van der Waals surface area (Å²) in [5.41, 5.74) is 5.19. The highest BCUT2D eigenvalue weighted by Gasteiger charge is 2.20. The molecule has 0 radical (unpaired) electrons. The second-order valence-corrected chi connectivity index (χ2v) is 6.92. The Morgan fingerprint density at radius 2 is 1.78 bits per heavy atom. The second-order valence-electron chi connectivity index (χ2n) is 5.92. The normalized spacial score (nSPS) is 10.2. The lowest BCUT2D eigenvalue weighted by Gasteiger charge is -2.03. The van der Waals surface area contributed by atoms with Crippen LogP contribution in [0.2, 0.25) is 0 Å². The first kappa shape index (κ1) is 18.6. The van der Waals surface area contributed by atoms with Crippen molar-refractivity contribution < 1.29 is 9.53 Å². The van der Waals surface area contributed by atoms with Crippen LogP contribution in [0, 0.1) is 0 Å². The van der Waals surface area contributed by atoms with Crippen LogP contribution >= 0.6 is 11.3 Å². The number of rotatable bonds is 7. The second kappa shape index (κ2) is 8.46. The van der Waals surface area contributed by atoms with Crippen LogP contribution in [-0.2, 0) is 0 Å². The highest BCUT2D eigenvalue weighted by atomic mass is 32.1. The summed E-state index contributed by atoms with van der Waals surface area (Å²) in [6.07, 6.45) is 0. The van der Waals surface area contributed by atoms with Gasteiger partial charge in [-0.1, -0.05) is 41.7 Å². The molecule has 0 atom stereocenters. The molecule has 0 saturated heterocycles. The van der Waals surface area contributed by atoms with E-state index in [2.05, 4.69) is 20.8 Å². The molecule has 6 nitrogen and oxygen atoms in total. The molecule has 2 aromatic carbocycles. The molecular weight excluding hydrogens is 360 g/mol. The van der Waals surface area contributed by atoms with Gasteiger partial charge in [-0.3, -0.25) is 10.2 Å². The van der Waals surface area contributed by atoms with E-state index in [1.807, 2.05) is 56.3 Å². The van der Waals surface area contributed by atoms with Gasteiger partial charge in [0.15, 0.2) is 10.9 Å².